The molecule has 0 aromatic heterocycles. The van der Waals surface area contributed by atoms with Crippen LogP contribution in [0.4, 0.5) is 8.78 Å². The molecule has 58 valence electrons. The molecule has 2 nitrogen and oxygen atoms in total. The minimum atomic E-state index is -3.10. The van der Waals surface area contributed by atoms with E-state index in [9.17, 15) is 13.6 Å². The van der Waals surface area contributed by atoms with Crippen LogP contribution < -0.4 is 0 Å². The zero-order valence-electron chi connectivity index (χ0n) is 5.73. The Morgan fingerprint density at radius 1 is 1.60 bits per heavy atom. The van der Waals surface area contributed by atoms with Crippen LogP contribution in [0.5, 0.6) is 0 Å². The van der Waals surface area contributed by atoms with E-state index < -0.39 is 18.3 Å². The number of halogens is 2. The third kappa shape index (κ3) is 1.31. The van der Waals surface area contributed by atoms with Crippen LogP contribution in [0.1, 0.15) is 6.42 Å². The van der Waals surface area contributed by atoms with Crippen molar-refractivity contribution in [1.82, 2.24) is 4.90 Å². The molecule has 0 amide bonds. The van der Waals surface area contributed by atoms with Gasteiger partial charge in [-0.1, -0.05) is 0 Å². The first-order valence-corrected chi connectivity index (χ1v) is 3.12. The van der Waals surface area contributed by atoms with Gasteiger partial charge in [0.1, 0.15) is 0 Å². The van der Waals surface area contributed by atoms with Gasteiger partial charge in [-0.3, -0.25) is 9.69 Å². The number of carbonyl (C=O) groups is 1. The average Bonchev–Trinajstić information content (AvgIpc) is 1.78. The minimum absolute atomic E-state index is 0.0243. The molecule has 0 saturated carbocycles. The lowest BCUT2D eigenvalue weighted by molar-refractivity contribution is -0.150. The van der Waals surface area contributed by atoms with E-state index in [-0.39, 0.29) is 6.42 Å². The van der Waals surface area contributed by atoms with Gasteiger partial charge < -0.3 is 0 Å². The van der Waals surface area contributed by atoms with Crippen molar-refractivity contribution < 1.29 is 13.6 Å². The molecule has 1 aliphatic heterocycles. The molecule has 10 heavy (non-hydrogen) atoms. The molecule has 1 fully saturated rings. The predicted octanol–water partition coefficient (Wildman–Crippen LogP) is 0.526. The first-order valence-electron chi connectivity index (χ1n) is 3.12. The largest absolute Gasteiger partial charge is 0.317 e. The third-order valence-electron chi connectivity index (χ3n) is 1.60. The Kier molecular flexibility index (Phi) is 1.72. The number of Topliss-reactive ketones (excluding diaryl/α,β-unsaturated/α-hetero) is 1. The van der Waals surface area contributed by atoms with Crippen molar-refractivity contribution in [2.24, 2.45) is 0 Å². The van der Waals surface area contributed by atoms with E-state index in [4.69, 9.17) is 0 Å². The highest BCUT2D eigenvalue weighted by atomic mass is 19.3. The van der Waals surface area contributed by atoms with Crippen molar-refractivity contribution in [3.8, 4) is 0 Å². The highest BCUT2D eigenvalue weighted by Crippen LogP contribution is 2.21. The SMILES string of the molecule is CN1CCC(=O)C(F)(F)C1. The van der Waals surface area contributed by atoms with Gasteiger partial charge in [-0.15, -0.1) is 0 Å². The molecular weight excluding hydrogens is 140 g/mol. The molecule has 0 bridgehead atoms. The van der Waals surface area contributed by atoms with Gasteiger partial charge in [0, 0.05) is 13.0 Å². The zero-order chi connectivity index (χ0) is 7.78. The fourth-order valence-corrected chi connectivity index (χ4v) is 0.982. The molecule has 0 atom stereocenters. The lowest BCUT2D eigenvalue weighted by Crippen LogP contribution is -2.47. The van der Waals surface area contributed by atoms with Crippen LogP contribution in [0.25, 0.3) is 0 Å². The maximum Gasteiger partial charge on any atom is 0.317 e. The first kappa shape index (κ1) is 7.60. The second-order valence-corrected chi connectivity index (χ2v) is 2.62. The molecular formula is C6H9F2NO. The molecule has 0 radical (unpaired) electrons. The van der Waals surface area contributed by atoms with Crippen molar-refractivity contribution >= 4 is 5.78 Å². The maximum absolute atomic E-state index is 12.5. The molecule has 1 aliphatic rings. The first-order chi connectivity index (χ1) is 4.52. The molecule has 0 unspecified atom stereocenters. The van der Waals surface area contributed by atoms with Gasteiger partial charge >= 0.3 is 5.92 Å². The van der Waals surface area contributed by atoms with Crippen molar-refractivity contribution in [3.63, 3.8) is 0 Å². The Morgan fingerprint density at radius 2 is 2.20 bits per heavy atom. The van der Waals surface area contributed by atoms with E-state index in [0.717, 1.165) is 0 Å². The number of carbonyl (C=O) groups excluding carboxylic acids is 1. The van der Waals surface area contributed by atoms with Crippen molar-refractivity contribution in [2.45, 2.75) is 12.3 Å². The van der Waals surface area contributed by atoms with Crippen LogP contribution in [0.2, 0.25) is 0 Å². The number of alkyl halides is 2. The highest BCUT2D eigenvalue weighted by molar-refractivity contribution is 5.86. The Morgan fingerprint density at radius 3 is 2.60 bits per heavy atom. The van der Waals surface area contributed by atoms with E-state index in [1.807, 2.05) is 0 Å². The Balaban J connectivity index is 2.63. The third-order valence-corrected chi connectivity index (χ3v) is 1.60. The van der Waals surface area contributed by atoms with Gasteiger partial charge in [0.05, 0.1) is 6.54 Å². The number of ketones is 1. The van der Waals surface area contributed by atoms with Crippen LogP contribution in [-0.4, -0.2) is 36.7 Å². The van der Waals surface area contributed by atoms with Crippen LogP contribution >= 0.6 is 0 Å². The molecule has 0 N–H and O–H groups in total. The van der Waals surface area contributed by atoms with Gasteiger partial charge in [-0.2, -0.15) is 8.78 Å². The number of hydrogen-bond donors (Lipinski definition) is 0. The van der Waals surface area contributed by atoms with Gasteiger partial charge in [-0.05, 0) is 7.05 Å². The summed E-state index contributed by atoms with van der Waals surface area (Å²) in [7, 11) is 1.58. The average molecular weight is 149 g/mol. The smallest absolute Gasteiger partial charge is 0.300 e. The zero-order valence-corrected chi connectivity index (χ0v) is 5.73. The second-order valence-electron chi connectivity index (χ2n) is 2.62. The van der Waals surface area contributed by atoms with E-state index in [2.05, 4.69) is 0 Å². The molecule has 0 spiro atoms. The van der Waals surface area contributed by atoms with Crippen LogP contribution in [0, 0.1) is 0 Å². The summed E-state index contributed by atoms with van der Waals surface area (Å²) >= 11 is 0. The van der Waals surface area contributed by atoms with Crippen molar-refractivity contribution in [2.75, 3.05) is 20.1 Å². The van der Waals surface area contributed by atoms with Gasteiger partial charge in [0.2, 0.25) is 5.78 Å². The lowest BCUT2D eigenvalue weighted by Gasteiger charge is -2.27. The molecule has 1 heterocycles. The summed E-state index contributed by atoms with van der Waals surface area (Å²) in [6.07, 6.45) is -0.0243. The Labute approximate surface area is 57.8 Å². The number of piperidine rings is 1. The quantitative estimate of drug-likeness (QED) is 0.500. The fraction of sp³-hybridized carbons (Fsp3) is 0.833. The number of likely N-dealkylation sites (tertiary alicyclic amines) is 1. The summed E-state index contributed by atoms with van der Waals surface area (Å²) in [5.74, 6) is -4.03. The van der Waals surface area contributed by atoms with Gasteiger partial charge in [0.25, 0.3) is 0 Å². The monoisotopic (exact) mass is 149 g/mol. The number of rotatable bonds is 0. The van der Waals surface area contributed by atoms with Crippen molar-refractivity contribution in [3.05, 3.63) is 0 Å². The molecule has 0 aromatic rings. The lowest BCUT2D eigenvalue weighted by atomic mass is 10.1. The van der Waals surface area contributed by atoms with E-state index in [1.54, 1.807) is 7.05 Å². The van der Waals surface area contributed by atoms with Crippen molar-refractivity contribution in [1.29, 1.82) is 0 Å². The molecule has 4 heteroatoms. The fourth-order valence-electron chi connectivity index (χ4n) is 0.982. The van der Waals surface area contributed by atoms with Crippen LogP contribution in [0.3, 0.4) is 0 Å². The molecule has 1 rings (SSSR count). The molecule has 0 aromatic carbocycles. The summed E-state index contributed by atoms with van der Waals surface area (Å²) < 4.78 is 24.9. The maximum atomic E-state index is 12.5. The normalized spacial score (nSPS) is 26.9. The standard InChI is InChI=1S/C6H9F2NO/c1-9-3-2-5(10)6(7,8)4-9/h2-4H2,1H3. The van der Waals surface area contributed by atoms with Gasteiger partial charge in [-0.25, -0.2) is 0 Å². The second kappa shape index (κ2) is 2.27. The summed E-state index contributed by atoms with van der Waals surface area (Å²) in [6, 6.07) is 0. The van der Waals surface area contributed by atoms with E-state index in [1.165, 1.54) is 4.90 Å². The summed E-state index contributed by atoms with van der Waals surface area (Å²) in [6.45, 7) is 0.0280. The summed E-state index contributed by atoms with van der Waals surface area (Å²) in [5.41, 5.74) is 0. The predicted molar refractivity (Wildman–Crippen MR) is 32.1 cm³/mol. The minimum Gasteiger partial charge on any atom is -0.300 e. The number of nitrogens with zero attached hydrogens (tertiary/aromatic N) is 1. The summed E-state index contributed by atoms with van der Waals surface area (Å²) in [5, 5.41) is 0. The molecule has 1 saturated heterocycles. The Hall–Kier alpha value is -0.510. The highest BCUT2D eigenvalue weighted by Gasteiger charge is 2.42. The van der Waals surface area contributed by atoms with Gasteiger partial charge in [0.15, 0.2) is 0 Å². The Bertz CT molecular complexity index is 158. The van der Waals surface area contributed by atoms with E-state index >= 15 is 0 Å². The van der Waals surface area contributed by atoms with Crippen LogP contribution in [0.15, 0.2) is 0 Å². The number of hydrogen-bond acceptors (Lipinski definition) is 2. The topological polar surface area (TPSA) is 20.3 Å². The van der Waals surface area contributed by atoms with E-state index in [0.29, 0.717) is 6.54 Å². The molecule has 0 aliphatic carbocycles. The van der Waals surface area contributed by atoms with Crippen LogP contribution in [-0.2, 0) is 4.79 Å². The summed E-state index contributed by atoms with van der Waals surface area (Å²) in [4.78, 5) is 11.9.